The molecule has 9 nitrogen and oxygen atoms in total. The maximum atomic E-state index is 13.8. The first-order chi connectivity index (χ1) is 27.8. The Hall–Kier alpha value is -5.06. The summed E-state index contributed by atoms with van der Waals surface area (Å²) in [5, 5.41) is 10.2. The number of carbonyl (C=O) groups is 3. The van der Waals surface area contributed by atoms with Crippen molar-refractivity contribution in [3.05, 3.63) is 124 Å². The lowest BCUT2D eigenvalue weighted by Gasteiger charge is -2.37. The number of amides is 1. The molecule has 3 heterocycles. The minimum atomic E-state index is -0.485. The Morgan fingerprint density at radius 1 is 0.754 bits per heavy atom. The van der Waals surface area contributed by atoms with Gasteiger partial charge in [-0.1, -0.05) is 30.3 Å². The van der Waals surface area contributed by atoms with Crippen molar-refractivity contribution in [2.75, 3.05) is 63.9 Å². The quantitative estimate of drug-likeness (QED) is 0.182. The monoisotopic (exact) mass is 770 g/mol. The number of nitrogens with zero attached hydrogens (tertiary/aromatic N) is 4. The highest BCUT2D eigenvalue weighted by Crippen LogP contribution is 2.47. The summed E-state index contributed by atoms with van der Waals surface area (Å²) in [6.07, 6.45) is 3.73. The Bertz CT molecular complexity index is 2130. The fourth-order valence-corrected chi connectivity index (χ4v) is 10.1. The normalized spacial score (nSPS) is 24.2. The van der Waals surface area contributed by atoms with Crippen molar-refractivity contribution in [2.45, 2.75) is 62.9 Å². The number of piperazine rings is 1. The number of aryl methyl sites for hydroxylation is 1. The molecule has 0 bridgehead atoms. The Balaban J connectivity index is 0.735. The van der Waals surface area contributed by atoms with Crippen molar-refractivity contribution >= 4 is 23.2 Å². The van der Waals surface area contributed by atoms with E-state index in [1.54, 1.807) is 23.1 Å². The van der Waals surface area contributed by atoms with Crippen molar-refractivity contribution < 1.29 is 28.6 Å². The first-order valence-electron chi connectivity index (χ1n) is 20.7. The van der Waals surface area contributed by atoms with Crippen molar-refractivity contribution in [1.82, 2.24) is 14.7 Å². The highest BCUT2D eigenvalue weighted by Gasteiger charge is 2.39. The molecule has 4 aromatic carbocycles. The topological polar surface area (TPSA) is 93.6 Å². The van der Waals surface area contributed by atoms with E-state index in [-0.39, 0.29) is 47.3 Å². The number of aromatic hydroxyl groups is 1. The zero-order valence-electron chi connectivity index (χ0n) is 32.5. The number of phenols is 1. The summed E-state index contributed by atoms with van der Waals surface area (Å²) in [5.74, 6) is 1.62. The largest absolute Gasteiger partial charge is 0.508 e. The molecule has 0 aromatic heterocycles. The number of hydrogen-bond donors (Lipinski definition) is 1. The Morgan fingerprint density at radius 3 is 2.33 bits per heavy atom. The molecular weight excluding hydrogens is 720 g/mol. The third-order valence-corrected chi connectivity index (χ3v) is 13.2. The first-order valence-corrected chi connectivity index (χ1v) is 20.7. The number of likely N-dealkylation sites (tertiary alicyclic amines) is 1. The smallest absolute Gasteiger partial charge is 0.255 e. The maximum Gasteiger partial charge on any atom is 0.255 e. The van der Waals surface area contributed by atoms with Crippen LogP contribution >= 0.6 is 0 Å². The number of rotatable bonds is 10. The summed E-state index contributed by atoms with van der Waals surface area (Å²) in [6, 6.07) is 26.7. The summed E-state index contributed by atoms with van der Waals surface area (Å²) >= 11 is 0. The summed E-state index contributed by atoms with van der Waals surface area (Å²) in [6.45, 7) is 9.10. The minimum Gasteiger partial charge on any atom is -0.508 e. The van der Waals surface area contributed by atoms with E-state index in [0.717, 1.165) is 87.8 Å². The number of phenolic OH excluding ortho intramolecular Hbond substituents is 1. The van der Waals surface area contributed by atoms with Gasteiger partial charge in [-0.3, -0.25) is 24.2 Å². The van der Waals surface area contributed by atoms with Gasteiger partial charge in [0.15, 0.2) is 5.78 Å². The van der Waals surface area contributed by atoms with E-state index in [0.29, 0.717) is 37.5 Å². The summed E-state index contributed by atoms with van der Waals surface area (Å²) in [5.41, 5.74) is 7.49. The van der Waals surface area contributed by atoms with Crippen LogP contribution in [0.4, 0.5) is 10.1 Å². The highest BCUT2D eigenvalue weighted by molar-refractivity contribution is 6.07. The lowest BCUT2D eigenvalue weighted by molar-refractivity contribution is -0.133. The Morgan fingerprint density at radius 2 is 1.54 bits per heavy atom. The van der Waals surface area contributed by atoms with E-state index in [9.17, 15) is 23.9 Å². The van der Waals surface area contributed by atoms with E-state index in [4.69, 9.17) is 4.74 Å². The lowest BCUT2D eigenvalue weighted by Crippen LogP contribution is -2.48. The molecule has 57 heavy (non-hydrogen) atoms. The zero-order valence-corrected chi connectivity index (χ0v) is 32.5. The second-order valence-corrected chi connectivity index (χ2v) is 16.7. The lowest BCUT2D eigenvalue weighted by atomic mass is 9.69. The van der Waals surface area contributed by atoms with Crippen LogP contribution in [0.15, 0.2) is 84.9 Å². The van der Waals surface area contributed by atoms with E-state index >= 15 is 0 Å². The predicted molar refractivity (Wildman–Crippen MR) is 217 cm³/mol. The molecule has 5 aliphatic rings. The number of anilines is 1. The van der Waals surface area contributed by atoms with Gasteiger partial charge < -0.3 is 19.6 Å². The molecule has 2 aliphatic carbocycles. The van der Waals surface area contributed by atoms with E-state index in [2.05, 4.69) is 45.0 Å². The third-order valence-electron chi connectivity index (χ3n) is 13.2. The van der Waals surface area contributed by atoms with E-state index < -0.39 is 6.04 Å². The number of benzene rings is 4. The van der Waals surface area contributed by atoms with E-state index in [1.165, 1.54) is 23.1 Å². The van der Waals surface area contributed by atoms with Gasteiger partial charge in [0.05, 0.1) is 12.5 Å². The van der Waals surface area contributed by atoms with Crippen LogP contribution in [-0.2, 0) is 22.6 Å². The first kappa shape index (κ1) is 37.5. The van der Waals surface area contributed by atoms with Crippen LogP contribution in [0.3, 0.4) is 0 Å². The van der Waals surface area contributed by atoms with Gasteiger partial charge in [-0.25, -0.2) is 4.39 Å². The second kappa shape index (κ2) is 16.1. The van der Waals surface area contributed by atoms with Crippen molar-refractivity contribution in [3.8, 4) is 11.5 Å². The molecule has 2 saturated heterocycles. The van der Waals surface area contributed by atoms with Gasteiger partial charge in [-0.15, -0.1) is 0 Å². The molecule has 4 atom stereocenters. The number of ketones is 2. The SMILES string of the molecule is O=C1CCC(N2Cc3cc(N4CCN(C[C@H]5CCN(CCOc6ccc([C@H]7c8ccc(O)cc8CC[C@H]7c7ccc(F)cc7)cc6)C5)CC4)ccc3C2=O)C(=O)C1. The number of hydrogen-bond acceptors (Lipinski definition) is 8. The molecule has 3 aliphatic heterocycles. The van der Waals surface area contributed by atoms with Crippen LogP contribution < -0.4 is 9.64 Å². The number of Topliss-reactive ketones (excluding diaryl/α,β-unsaturated/α-hetero) is 2. The molecule has 0 radical (unpaired) electrons. The van der Waals surface area contributed by atoms with Crippen LogP contribution in [0.25, 0.3) is 0 Å². The fraction of sp³-hybridized carbons (Fsp3) is 0.426. The molecule has 0 spiro atoms. The summed E-state index contributed by atoms with van der Waals surface area (Å²) in [4.78, 5) is 46.6. The minimum absolute atomic E-state index is 0.0257. The van der Waals surface area contributed by atoms with Gasteiger partial charge in [0, 0.05) is 75.9 Å². The van der Waals surface area contributed by atoms with Crippen LogP contribution in [0.1, 0.15) is 82.1 Å². The van der Waals surface area contributed by atoms with Crippen molar-refractivity contribution in [3.63, 3.8) is 0 Å². The van der Waals surface area contributed by atoms with Gasteiger partial charge in [-0.2, -0.15) is 0 Å². The number of ether oxygens (including phenoxy) is 1. The highest BCUT2D eigenvalue weighted by atomic mass is 19.1. The third kappa shape index (κ3) is 7.94. The number of carbonyl (C=O) groups excluding carboxylic acids is 3. The second-order valence-electron chi connectivity index (χ2n) is 16.7. The Kier molecular flexibility index (Phi) is 10.6. The molecule has 1 saturated carbocycles. The van der Waals surface area contributed by atoms with Gasteiger partial charge in [0.1, 0.15) is 29.7 Å². The number of halogens is 1. The molecular formula is C47H51FN4O5. The van der Waals surface area contributed by atoms with Crippen molar-refractivity contribution in [2.24, 2.45) is 5.92 Å². The molecule has 10 heteroatoms. The average molecular weight is 771 g/mol. The van der Waals surface area contributed by atoms with Crippen molar-refractivity contribution in [1.29, 1.82) is 0 Å². The summed E-state index contributed by atoms with van der Waals surface area (Å²) in [7, 11) is 0. The molecule has 9 rings (SSSR count). The zero-order chi connectivity index (χ0) is 39.0. The predicted octanol–water partition coefficient (Wildman–Crippen LogP) is 6.56. The standard InChI is InChI=1S/C47H51FN4O5/c48-36-6-1-32(2-7-36)41-13-5-34-26-38(53)9-15-42(34)46(41)33-3-11-40(12-4-33)57-24-23-49-18-17-31(28-49)29-50-19-21-51(22-20-50)37-8-14-43-35(25-37)30-52(47(43)56)44-16-10-39(54)27-45(44)55/h1-4,6-9,11-12,14-15,25-26,31,41,44,46,53H,5,10,13,16-24,27-30H2/t31-,41-,44?,46+/m0/s1. The van der Waals surface area contributed by atoms with Crippen LogP contribution in [0, 0.1) is 11.7 Å². The van der Waals surface area contributed by atoms with Crippen LogP contribution in [0.2, 0.25) is 0 Å². The molecule has 1 amide bonds. The van der Waals surface area contributed by atoms with Gasteiger partial charge in [-0.05, 0) is 126 Å². The molecule has 296 valence electrons. The van der Waals surface area contributed by atoms with Gasteiger partial charge in [0.25, 0.3) is 5.91 Å². The molecule has 1 unspecified atom stereocenters. The maximum absolute atomic E-state index is 13.8. The molecule has 1 N–H and O–H groups in total. The van der Waals surface area contributed by atoms with Gasteiger partial charge in [0.2, 0.25) is 0 Å². The van der Waals surface area contributed by atoms with E-state index in [1.807, 2.05) is 36.4 Å². The molecule has 3 fully saturated rings. The van der Waals surface area contributed by atoms with Crippen LogP contribution in [-0.4, -0.2) is 102 Å². The average Bonchev–Trinajstić information content (AvgIpc) is 3.81. The van der Waals surface area contributed by atoms with Gasteiger partial charge >= 0.3 is 0 Å². The summed E-state index contributed by atoms with van der Waals surface area (Å²) < 4.78 is 20.1. The Labute approximate surface area is 334 Å². The fourth-order valence-electron chi connectivity index (χ4n) is 10.1. The van der Waals surface area contributed by atoms with Crippen LogP contribution in [0.5, 0.6) is 11.5 Å². The number of fused-ring (bicyclic) bond motifs is 2. The molecule has 4 aromatic rings.